The smallest absolute Gasteiger partial charge is 0.183 e. The van der Waals surface area contributed by atoms with Crippen LogP contribution in [0.25, 0.3) is 0 Å². The molecule has 0 aliphatic heterocycles. The second-order valence-corrected chi connectivity index (χ2v) is 8.22. The molecule has 0 heterocycles. The minimum atomic E-state index is -1.35. The number of rotatable bonds is 4. The van der Waals surface area contributed by atoms with Crippen molar-refractivity contribution in [1.29, 1.82) is 0 Å². The van der Waals surface area contributed by atoms with Crippen LogP contribution in [-0.2, 0) is 4.43 Å². The minimum Gasteiger partial charge on any atom is -0.417 e. The second kappa shape index (κ2) is 4.11. The summed E-state index contributed by atoms with van der Waals surface area (Å²) < 4.78 is 5.56. The van der Waals surface area contributed by atoms with Crippen molar-refractivity contribution in [1.82, 2.24) is 0 Å². The molecule has 0 bridgehead atoms. The van der Waals surface area contributed by atoms with E-state index in [4.69, 9.17) is 9.53 Å². The van der Waals surface area contributed by atoms with Gasteiger partial charge in [0, 0.05) is 19.1 Å². The fraction of sp³-hybridized carbons (Fsp3) is 1.00. The predicted octanol–water partition coefficient (Wildman–Crippen LogP) is 1.47. The van der Waals surface area contributed by atoms with E-state index in [1.165, 1.54) is 0 Å². The lowest BCUT2D eigenvalue weighted by Gasteiger charge is -2.19. The van der Waals surface area contributed by atoms with E-state index in [9.17, 15) is 0 Å². The van der Waals surface area contributed by atoms with Gasteiger partial charge in [-0.3, -0.25) is 0 Å². The predicted molar refractivity (Wildman–Crippen MR) is 45.5 cm³/mol. The van der Waals surface area contributed by atoms with E-state index in [0.29, 0.717) is 6.61 Å². The summed E-state index contributed by atoms with van der Waals surface area (Å²) in [6, 6.07) is 0. The molecule has 0 fully saturated rings. The molecule has 10 heavy (non-hydrogen) atoms. The first kappa shape index (κ1) is 10.1. The Labute approximate surface area is 64.3 Å². The zero-order valence-corrected chi connectivity index (χ0v) is 8.35. The van der Waals surface area contributed by atoms with Crippen LogP contribution in [-0.4, -0.2) is 26.6 Å². The summed E-state index contributed by atoms with van der Waals surface area (Å²) in [5.74, 6) is 0.284. The van der Waals surface area contributed by atoms with Crippen LogP contribution in [0, 0.1) is 5.92 Å². The van der Waals surface area contributed by atoms with E-state index >= 15 is 0 Å². The summed E-state index contributed by atoms with van der Waals surface area (Å²) >= 11 is 0. The van der Waals surface area contributed by atoms with Crippen molar-refractivity contribution in [3.63, 3.8) is 0 Å². The second-order valence-electron chi connectivity index (χ2n) is 3.71. The van der Waals surface area contributed by atoms with Crippen LogP contribution in [0.1, 0.15) is 6.92 Å². The Morgan fingerprint density at radius 3 is 2.20 bits per heavy atom. The van der Waals surface area contributed by atoms with Gasteiger partial charge in [-0.15, -0.1) is 0 Å². The molecule has 0 aromatic carbocycles. The van der Waals surface area contributed by atoms with Crippen molar-refractivity contribution < 1.29 is 9.53 Å². The highest BCUT2D eigenvalue weighted by Crippen LogP contribution is 2.05. The summed E-state index contributed by atoms with van der Waals surface area (Å²) in [4.78, 5) is 0. The molecule has 0 aliphatic rings. The zero-order valence-electron chi connectivity index (χ0n) is 7.35. The van der Waals surface area contributed by atoms with Gasteiger partial charge >= 0.3 is 0 Å². The molecule has 62 valence electrons. The number of hydrogen-bond donors (Lipinski definition) is 1. The molecule has 0 aliphatic carbocycles. The maximum atomic E-state index is 8.67. The molecule has 0 saturated heterocycles. The summed E-state index contributed by atoms with van der Waals surface area (Å²) in [5.41, 5.74) is 0. The van der Waals surface area contributed by atoms with Crippen LogP contribution in [0.15, 0.2) is 0 Å². The average Bonchev–Trinajstić information content (AvgIpc) is 1.81. The highest BCUT2D eigenvalue weighted by Gasteiger charge is 2.14. The molecule has 0 spiro atoms. The van der Waals surface area contributed by atoms with Crippen LogP contribution in [0.3, 0.4) is 0 Å². The SMILES string of the molecule is CC(CO)CO[Si](C)(C)C. The Hall–Kier alpha value is 0.137. The first-order valence-electron chi connectivity index (χ1n) is 3.70. The molecule has 1 N–H and O–H groups in total. The maximum absolute atomic E-state index is 8.67. The maximum Gasteiger partial charge on any atom is 0.183 e. The molecule has 0 aromatic heterocycles. The molecule has 0 amide bonds. The molecular formula is C7H18O2Si. The largest absolute Gasteiger partial charge is 0.417 e. The van der Waals surface area contributed by atoms with Gasteiger partial charge in [0.1, 0.15) is 0 Å². The van der Waals surface area contributed by atoms with Gasteiger partial charge < -0.3 is 9.53 Å². The molecule has 1 atom stereocenters. The van der Waals surface area contributed by atoms with Crippen molar-refractivity contribution >= 4 is 8.32 Å². The first-order valence-corrected chi connectivity index (χ1v) is 7.11. The Kier molecular flexibility index (Phi) is 4.16. The standard InChI is InChI=1S/C7H18O2Si/c1-7(5-8)6-9-10(2,3)4/h7-8H,5-6H2,1-4H3. The van der Waals surface area contributed by atoms with E-state index in [2.05, 4.69) is 19.6 Å². The number of aliphatic hydroxyl groups is 1. The normalized spacial score (nSPS) is 15.3. The lowest BCUT2D eigenvalue weighted by Crippen LogP contribution is -2.28. The summed E-state index contributed by atoms with van der Waals surface area (Å²) in [7, 11) is -1.35. The molecule has 0 radical (unpaired) electrons. The van der Waals surface area contributed by atoms with E-state index in [0.717, 1.165) is 0 Å². The number of hydrogen-bond acceptors (Lipinski definition) is 2. The number of aliphatic hydroxyl groups excluding tert-OH is 1. The highest BCUT2D eigenvalue weighted by atomic mass is 28.4. The molecule has 3 heteroatoms. The van der Waals surface area contributed by atoms with Crippen molar-refractivity contribution in [2.24, 2.45) is 5.92 Å². The summed E-state index contributed by atoms with van der Waals surface area (Å²) in [5, 5.41) is 8.67. The highest BCUT2D eigenvalue weighted by molar-refractivity contribution is 6.69. The molecule has 2 nitrogen and oxygen atoms in total. The summed E-state index contributed by atoms with van der Waals surface area (Å²) in [6.45, 7) is 9.36. The van der Waals surface area contributed by atoms with E-state index in [1.807, 2.05) is 6.92 Å². The fourth-order valence-electron chi connectivity index (χ4n) is 0.445. The van der Waals surface area contributed by atoms with Crippen LogP contribution < -0.4 is 0 Å². The monoisotopic (exact) mass is 162 g/mol. The summed E-state index contributed by atoms with van der Waals surface area (Å²) in [6.07, 6.45) is 0. The fourth-order valence-corrected chi connectivity index (χ4v) is 1.23. The molecule has 0 aromatic rings. The van der Waals surface area contributed by atoms with Crippen molar-refractivity contribution in [2.45, 2.75) is 26.6 Å². The Bertz CT molecular complexity index is 88.1. The van der Waals surface area contributed by atoms with Crippen LogP contribution >= 0.6 is 0 Å². The van der Waals surface area contributed by atoms with E-state index in [1.54, 1.807) is 0 Å². The van der Waals surface area contributed by atoms with E-state index in [-0.39, 0.29) is 12.5 Å². The van der Waals surface area contributed by atoms with Gasteiger partial charge in [0.25, 0.3) is 0 Å². The third-order valence-corrected chi connectivity index (χ3v) is 2.15. The van der Waals surface area contributed by atoms with Crippen LogP contribution in [0.5, 0.6) is 0 Å². The Morgan fingerprint density at radius 2 is 1.90 bits per heavy atom. The van der Waals surface area contributed by atoms with Crippen LogP contribution in [0.2, 0.25) is 19.6 Å². The molecule has 1 unspecified atom stereocenters. The zero-order chi connectivity index (χ0) is 8.20. The quantitative estimate of drug-likeness (QED) is 0.634. The van der Waals surface area contributed by atoms with Crippen molar-refractivity contribution in [3.8, 4) is 0 Å². The van der Waals surface area contributed by atoms with Gasteiger partial charge in [0.2, 0.25) is 0 Å². The Balaban J connectivity index is 3.36. The van der Waals surface area contributed by atoms with Gasteiger partial charge in [-0.1, -0.05) is 6.92 Å². The van der Waals surface area contributed by atoms with Gasteiger partial charge in [-0.05, 0) is 19.6 Å². The third-order valence-electron chi connectivity index (χ3n) is 1.11. The van der Waals surface area contributed by atoms with E-state index < -0.39 is 8.32 Å². The average molecular weight is 162 g/mol. The van der Waals surface area contributed by atoms with Crippen molar-refractivity contribution in [2.75, 3.05) is 13.2 Å². The molecular weight excluding hydrogens is 144 g/mol. The molecule has 0 saturated carbocycles. The van der Waals surface area contributed by atoms with Crippen LogP contribution in [0.4, 0.5) is 0 Å². The van der Waals surface area contributed by atoms with Gasteiger partial charge in [-0.25, -0.2) is 0 Å². The topological polar surface area (TPSA) is 29.5 Å². The first-order chi connectivity index (χ1) is 4.45. The Morgan fingerprint density at radius 1 is 1.40 bits per heavy atom. The van der Waals surface area contributed by atoms with Gasteiger partial charge in [-0.2, -0.15) is 0 Å². The third kappa shape index (κ3) is 6.26. The minimum absolute atomic E-state index is 0.227. The lowest BCUT2D eigenvalue weighted by molar-refractivity contribution is 0.171. The molecule has 0 rings (SSSR count). The van der Waals surface area contributed by atoms with Gasteiger partial charge in [0.15, 0.2) is 8.32 Å². The van der Waals surface area contributed by atoms with Crippen molar-refractivity contribution in [3.05, 3.63) is 0 Å². The van der Waals surface area contributed by atoms with Gasteiger partial charge in [0.05, 0.1) is 0 Å². The lowest BCUT2D eigenvalue weighted by atomic mass is 10.2.